The molecule has 0 aliphatic carbocycles. The van der Waals surface area contributed by atoms with E-state index in [1.165, 1.54) is 41.6 Å². The van der Waals surface area contributed by atoms with Crippen molar-refractivity contribution in [3.05, 3.63) is 87.6 Å². The molecule has 0 atom stereocenters. The Kier molecular flexibility index (Phi) is 7.01. The molecule has 12 heteroatoms. The molecule has 6 nitrogen and oxygen atoms in total. The Morgan fingerprint density at radius 3 is 2.37 bits per heavy atom. The fraction of sp³-hybridized carbons (Fsp3) is 0.154. The molecule has 0 saturated heterocycles. The van der Waals surface area contributed by atoms with Gasteiger partial charge in [-0.05, 0) is 48.0 Å². The number of nitrogens with two attached hydrogens (primary N) is 1. The zero-order chi connectivity index (χ0) is 27.7. The highest BCUT2D eigenvalue weighted by atomic mass is 19.4. The van der Waals surface area contributed by atoms with Crippen molar-refractivity contribution in [1.29, 1.82) is 0 Å². The van der Waals surface area contributed by atoms with E-state index >= 15 is 0 Å². The van der Waals surface area contributed by atoms with Gasteiger partial charge in [-0.15, -0.1) is 0 Å². The second-order valence-corrected chi connectivity index (χ2v) is 8.20. The van der Waals surface area contributed by atoms with Crippen LogP contribution in [0.5, 0.6) is 0 Å². The summed E-state index contributed by atoms with van der Waals surface area (Å²) in [6, 6.07) is 11.7. The van der Waals surface area contributed by atoms with Gasteiger partial charge >= 0.3 is 12.4 Å². The fourth-order valence-corrected chi connectivity index (χ4v) is 3.87. The number of nitrogens with zero attached hydrogens (tertiary/aromatic N) is 3. The molecule has 0 bridgehead atoms. The first-order valence-corrected chi connectivity index (χ1v) is 11.0. The van der Waals surface area contributed by atoms with Crippen molar-refractivity contribution in [2.24, 2.45) is 4.99 Å². The van der Waals surface area contributed by atoms with Gasteiger partial charge in [0.15, 0.2) is 5.94 Å². The van der Waals surface area contributed by atoms with Crippen molar-refractivity contribution < 1.29 is 31.1 Å². The average Bonchev–Trinajstić information content (AvgIpc) is 2.87. The molecule has 3 aromatic rings. The van der Waals surface area contributed by atoms with Gasteiger partial charge in [0.05, 0.1) is 10.9 Å². The van der Waals surface area contributed by atoms with Crippen molar-refractivity contribution in [3.63, 3.8) is 0 Å². The van der Waals surface area contributed by atoms with Crippen LogP contribution in [-0.4, -0.2) is 36.9 Å². The quantitative estimate of drug-likeness (QED) is 0.226. The molecule has 0 fully saturated rings. The van der Waals surface area contributed by atoms with Gasteiger partial charge in [-0.3, -0.25) is 4.99 Å². The summed E-state index contributed by atoms with van der Waals surface area (Å²) >= 11 is 0. The van der Waals surface area contributed by atoms with Gasteiger partial charge in [0.2, 0.25) is 0 Å². The van der Waals surface area contributed by atoms with Crippen LogP contribution in [0.3, 0.4) is 0 Å². The lowest BCUT2D eigenvalue weighted by atomic mass is 9.97. The monoisotopic (exact) mass is 531 g/mol. The van der Waals surface area contributed by atoms with Crippen LogP contribution in [0.2, 0.25) is 0 Å². The highest BCUT2D eigenvalue weighted by Crippen LogP contribution is 2.33. The Labute approximate surface area is 212 Å². The number of fused-ring (bicyclic) bond motifs is 1. The van der Waals surface area contributed by atoms with Crippen LogP contribution >= 0.6 is 0 Å². The molecule has 196 valence electrons. The predicted octanol–water partition coefficient (Wildman–Crippen LogP) is 3.88. The van der Waals surface area contributed by atoms with Crippen molar-refractivity contribution in [2.45, 2.75) is 12.4 Å². The number of nitrogen functional groups attached to an aromatic ring is 1. The molecular weight excluding hydrogens is 512 g/mol. The summed E-state index contributed by atoms with van der Waals surface area (Å²) in [5.74, 6) is 1.69. The van der Waals surface area contributed by atoms with E-state index in [1.54, 1.807) is 25.2 Å². The van der Waals surface area contributed by atoms with Crippen LogP contribution in [0.1, 0.15) is 16.7 Å². The van der Waals surface area contributed by atoms with Crippen LogP contribution in [0, 0.1) is 0 Å². The first-order valence-electron chi connectivity index (χ1n) is 11.0. The van der Waals surface area contributed by atoms with Gasteiger partial charge in [0.25, 0.3) is 0 Å². The number of hydrogen-bond donors (Lipinski definition) is 2. The third-order valence-corrected chi connectivity index (χ3v) is 5.59. The Bertz CT molecular complexity index is 1570. The van der Waals surface area contributed by atoms with Crippen LogP contribution in [0.25, 0.3) is 11.8 Å². The SMILES string of the molecule is CN=Cc1cc(N2C=c3ccc(NCC(F)(F)F)nc3=C(c3ccc(C(F)(F)F)cc3)C2=C=O)ccc1N. The lowest BCUT2D eigenvalue weighted by Gasteiger charge is -2.27. The number of halogens is 6. The number of benzene rings is 2. The first-order chi connectivity index (χ1) is 17.9. The zero-order valence-electron chi connectivity index (χ0n) is 19.7. The summed E-state index contributed by atoms with van der Waals surface area (Å²) in [6.45, 7) is -1.35. The summed E-state index contributed by atoms with van der Waals surface area (Å²) in [5, 5.41) is 2.67. The number of anilines is 3. The van der Waals surface area contributed by atoms with Gasteiger partial charge in [0.1, 0.15) is 18.1 Å². The highest BCUT2D eigenvalue weighted by molar-refractivity contribution is 5.97. The lowest BCUT2D eigenvalue weighted by molar-refractivity contribution is -0.137. The maximum atomic E-state index is 13.2. The molecule has 0 saturated carbocycles. The van der Waals surface area contributed by atoms with E-state index in [0.717, 1.165) is 12.1 Å². The molecule has 1 aliphatic rings. The zero-order valence-corrected chi connectivity index (χ0v) is 19.7. The van der Waals surface area contributed by atoms with Gasteiger partial charge in [-0.2, -0.15) is 26.3 Å². The molecule has 38 heavy (non-hydrogen) atoms. The van der Waals surface area contributed by atoms with Crippen LogP contribution < -0.4 is 26.5 Å². The molecule has 0 radical (unpaired) electrons. The van der Waals surface area contributed by atoms with Gasteiger partial charge in [-0.1, -0.05) is 12.1 Å². The van der Waals surface area contributed by atoms with Crippen LogP contribution in [-0.2, 0) is 11.0 Å². The second kappa shape index (κ2) is 10.1. The number of carbonyl (C=O) groups excluding carboxylic acids is 1. The minimum absolute atomic E-state index is 0.0874. The Balaban J connectivity index is 1.95. The van der Waals surface area contributed by atoms with E-state index in [0.29, 0.717) is 22.2 Å². The third kappa shape index (κ3) is 5.55. The van der Waals surface area contributed by atoms with E-state index in [9.17, 15) is 31.1 Å². The molecule has 2 aromatic carbocycles. The number of nitrogens with one attached hydrogen (secondary N) is 1. The van der Waals surface area contributed by atoms with E-state index in [4.69, 9.17) is 5.73 Å². The molecule has 3 N–H and O–H groups in total. The Morgan fingerprint density at radius 2 is 1.76 bits per heavy atom. The van der Waals surface area contributed by atoms with E-state index in [2.05, 4.69) is 15.3 Å². The Morgan fingerprint density at radius 1 is 1.05 bits per heavy atom. The normalized spacial score (nSPS) is 13.8. The molecule has 4 rings (SSSR count). The minimum atomic E-state index is -4.59. The molecule has 0 spiro atoms. The number of allylic oxidation sites excluding steroid dienone is 1. The van der Waals surface area contributed by atoms with Crippen molar-refractivity contribution in [2.75, 3.05) is 29.5 Å². The number of aliphatic imine (C=N–C) groups is 1. The lowest BCUT2D eigenvalue weighted by Crippen LogP contribution is -2.41. The number of alkyl halides is 6. The van der Waals surface area contributed by atoms with E-state index in [-0.39, 0.29) is 28.0 Å². The topological polar surface area (TPSA) is 83.6 Å². The fourth-order valence-electron chi connectivity index (χ4n) is 3.87. The van der Waals surface area contributed by atoms with Crippen molar-refractivity contribution in [3.8, 4) is 0 Å². The summed E-state index contributed by atoms with van der Waals surface area (Å²) < 4.78 is 77.8. The number of rotatable bonds is 5. The van der Waals surface area contributed by atoms with Crippen LogP contribution in [0.15, 0.2) is 65.3 Å². The third-order valence-electron chi connectivity index (χ3n) is 5.59. The smallest absolute Gasteiger partial charge is 0.398 e. The standard InChI is InChI=1S/C26H19F6N5O/c1-34-11-17-10-19(7-8-20(17)33)37-12-16-4-9-22(35-14-25(27,28)29)36-24(16)23(21(37)13-38)15-2-5-18(6-3-15)26(30,31)32/h2-12H,14,33H2,1H3,(H,35,36). The first kappa shape index (κ1) is 26.5. The van der Waals surface area contributed by atoms with Crippen molar-refractivity contribution >= 4 is 41.1 Å². The molecule has 0 unspecified atom stereocenters. The minimum Gasteiger partial charge on any atom is -0.398 e. The van der Waals surface area contributed by atoms with Gasteiger partial charge in [-0.25, -0.2) is 9.78 Å². The van der Waals surface area contributed by atoms with Crippen LogP contribution in [0.4, 0.5) is 43.5 Å². The van der Waals surface area contributed by atoms with Gasteiger partial charge < -0.3 is 16.0 Å². The highest BCUT2D eigenvalue weighted by Gasteiger charge is 2.31. The van der Waals surface area contributed by atoms with Gasteiger partial charge in [0, 0.05) is 47.2 Å². The number of aromatic nitrogens is 1. The summed E-state index contributed by atoms with van der Waals surface area (Å²) in [6.07, 6.45) is -6.06. The molecule has 1 aliphatic heterocycles. The summed E-state index contributed by atoms with van der Waals surface area (Å²) in [4.78, 5) is 22.0. The predicted molar refractivity (Wildman–Crippen MR) is 133 cm³/mol. The maximum absolute atomic E-state index is 13.2. The molecule has 0 amide bonds. The number of pyridine rings is 1. The largest absolute Gasteiger partial charge is 0.416 e. The van der Waals surface area contributed by atoms with E-state index < -0.39 is 24.5 Å². The number of hydrogen-bond acceptors (Lipinski definition) is 6. The maximum Gasteiger partial charge on any atom is 0.416 e. The molecular formula is C26H19F6N5O. The Hall–Kier alpha value is -4.57. The molecule has 1 aromatic heterocycles. The molecule has 2 heterocycles. The average molecular weight is 531 g/mol. The van der Waals surface area contributed by atoms with E-state index in [1.807, 2.05) is 5.94 Å². The second-order valence-electron chi connectivity index (χ2n) is 8.20. The summed E-state index contributed by atoms with van der Waals surface area (Å²) in [5.41, 5.74) is 6.68. The van der Waals surface area contributed by atoms with Crippen molar-refractivity contribution in [1.82, 2.24) is 4.98 Å². The summed E-state index contributed by atoms with van der Waals surface area (Å²) in [7, 11) is 1.55.